The van der Waals surface area contributed by atoms with Gasteiger partial charge in [0, 0.05) is 16.7 Å². The van der Waals surface area contributed by atoms with Gasteiger partial charge < -0.3 is 0 Å². The highest BCUT2D eigenvalue weighted by Gasteiger charge is 2.26. The normalized spacial score (nSPS) is 12.4. The molecule has 0 spiro atoms. The maximum absolute atomic E-state index is 12.8. The van der Waals surface area contributed by atoms with Gasteiger partial charge in [-0.2, -0.15) is 0 Å². The summed E-state index contributed by atoms with van der Waals surface area (Å²) in [6.07, 6.45) is 1.65. The molecule has 0 aliphatic heterocycles. The molecule has 4 rings (SSSR count). The lowest BCUT2D eigenvalue weighted by Gasteiger charge is -2.21. The highest BCUT2D eigenvalue weighted by atomic mass is 16.1. The van der Waals surface area contributed by atoms with Crippen molar-refractivity contribution in [1.29, 1.82) is 0 Å². The van der Waals surface area contributed by atoms with Crippen LogP contribution in [0.5, 0.6) is 0 Å². The third-order valence-electron chi connectivity index (χ3n) is 4.54. The van der Waals surface area contributed by atoms with Gasteiger partial charge in [0.1, 0.15) is 0 Å². The van der Waals surface area contributed by atoms with Crippen LogP contribution in [0.1, 0.15) is 43.0 Å². The van der Waals surface area contributed by atoms with Gasteiger partial charge in [0.25, 0.3) is 0 Å². The summed E-state index contributed by atoms with van der Waals surface area (Å²) in [5.74, 6) is -0.0555. The fourth-order valence-corrected chi connectivity index (χ4v) is 3.21. The molecule has 1 aliphatic rings. The van der Waals surface area contributed by atoms with Crippen LogP contribution in [-0.4, -0.2) is 11.6 Å². The molecule has 0 unspecified atom stereocenters. The standard InChI is InChI=1S/C23H16O2/c1-15-10-12-16(13-11-15)22(24)14-21-17-6-2-4-8-19(17)23(25)20-9-5-3-7-18(20)21/h2-14H,1H3. The zero-order chi connectivity index (χ0) is 17.4. The van der Waals surface area contributed by atoms with E-state index in [-0.39, 0.29) is 11.6 Å². The zero-order valence-electron chi connectivity index (χ0n) is 13.8. The number of aryl methyl sites for hydroxylation is 1. The lowest BCUT2D eigenvalue weighted by molar-refractivity contribution is 0.103. The van der Waals surface area contributed by atoms with Gasteiger partial charge in [-0.3, -0.25) is 9.59 Å². The molecule has 0 fully saturated rings. The molecule has 0 bridgehead atoms. The summed E-state index contributed by atoms with van der Waals surface area (Å²) in [6, 6.07) is 22.4. The maximum Gasteiger partial charge on any atom is 0.194 e. The van der Waals surface area contributed by atoms with Crippen LogP contribution in [0.25, 0.3) is 5.57 Å². The molecule has 1 aliphatic carbocycles. The molecule has 0 atom stereocenters. The molecule has 0 saturated carbocycles. The van der Waals surface area contributed by atoms with Crippen molar-refractivity contribution in [3.8, 4) is 0 Å². The second-order valence-corrected chi connectivity index (χ2v) is 6.21. The first-order valence-electron chi connectivity index (χ1n) is 8.21. The lowest BCUT2D eigenvalue weighted by Crippen LogP contribution is -2.15. The Labute approximate surface area is 146 Å². The van der Waals surface area contributed by atoms with E-state index in [0.717, 1.165) is 22.3 Å². The predicted octanol–water partition coefficient (Wildman–Crippen LogP) is 4.85. The Bertz CT molecular complexity index is 972. The molecule has 0 radical (unpaired) electrons. The molecule has 120 valence electrons. The van der Waals surface area contributed by atoms with Crippen molar-refractivity contribution in [3.05, 3.63) is 112 Å². The van der Waals surface area contributed by atoms with Crippen molar-refractivity contribution in [2.45, 2.75) is 6.92 Å². The van der Waals surface area contributed by atoms with E-state index in [2.05, 4.69) is 0 Å². The summed E-state index contributed by atoms with van der Waals surface area (Å²) < 4.78 is 0. The summed E-state index contributed by atoms with van der Waals surface area (Å²) in [7, 11) is 0. The van der Waals surface area contributed by atoms with Crippen molar-refractivity contribution in [3.63, 3.8) is 0 Å². The van der Waals surface area contributed by atoms with Crippen molar-refractivity contribution in [2.75, 3.05) is 0 Å². The molecule has 2 nitrogen and oxygen atoms in total. The molecule has 0 aromatic heterocycles. The second kappa shape index (κ2) is 5.99. The van der Waals surface area contributed by atoms with E-state index < -0.39 is 0 Å². The summed E-state index contributed by atoms with van der Waals surface area (Å²) in [4.78, 5) is 25.5. The Balaban J connectivity index is 1.89. The number of allylic oxidation sites excluding steroid dienone is 1. The summed E-state index contributed by atoms with van der Waals surface area (Å²) >= 11 is 0. The van der Waals surface area contributed by atoms with Crippen LogP contribution in [0.15, 0.2) is 78.9 Å². The van der Waals surface area contributed by atoms with Gasteiger partial charge >= 0.3 is 0 Å². The van der Waals surface area contributed by atoms with Gasteiger partial charge in [-0.1, -0.05) is 78.4 Å². The minimum absolute atomic E-state index is 0.00568. The number of hydrogen-bond donors (Lipinski definition) is 0. The quantitative estimate of drug-likeness (QED) is 0.390. The van der Waals surface area contributed by atoms with Crippen molar-refractivity contribution in [2.24, 2.45) is 0 Å². The molecule has 0 amide bonds. The van der Waals surface area contributed by atoms with Crippen molar-refractivity contribution in [1.82, 2.24) is 0 Å². The fourth-order valence-electron chi connectivity index (χ4n) is 3.21. The topological polar surface area (TPSA) is 34.1 Å². The number of carbonyl (C=O) groups is 2. The van der Waals surface area contributed by atoms with Gasteiger partial charge in [0.05, 0.1) is 0 Å². The molecule has 3 aromatic rings. The third kappa shape index (κ3) is 2.62. The fraction of sp³-hybridized carbons (Fsp3) is 0.0435. The van der Waals surface area contributed by atoms with Crippen LogP contribution in [0.4, 0.5) is 0 Å². The first-order chi connectivity index (χ1) is 12.1. The van der Waals surface area contributed by atoms with Crippen LogP contribution < -0.4 is 0 Å². The molecule has 2 heteroatoms. The number of rotatable bonds is 2. The minimum Gasteiger partial charge on any atom is -0.289 e. The van der Waals surface area contributed by atoms with Crippen LogP contribution in [0, 0.1) is 6.92 Å². The van der Waals surface area contributed by atoms with E-state index >= 15 is 0 Å². The van der Waals surface area contributed by atoms with E-state index in [1.807, 2.05) is 79.7 Å². The first kappa shape index (κ1) is 15.3. The smallest absolute Gasteiger partial charge is 0.194 e. The maximum atomic E-state index is 12.8. The Hall–Kier alpha value is -3.26. The molecule has 3 aromatic carbocycles. The van der Waals surface area contributed by atoms with Gasteiger partial charge in [0.15, 0.2) is 11.6 Å². The van der Waals surface area contributed by atoms with Gasteiger partial charge in [-0.05, 0) is 29.7 Å². The van der Waals surface area contributed by atoms with E-state index in [0.29, 0.717) is 16.7 Å². The van der Waals surface area contributed by atoms with Crippen LogP contribution in [-0.2, 0) is 0 Å². The van der Waals surface area contributed by atoms with Crippen LogP contribution in [0.3, 0.4) is 0 Å². The third-order valence-corrected chi connectivity index (χ3v) is 4.54. The average molecular weight is 324 g/mol. The Morgan fingerprint density at radius 1 is 0.720 bits per heavy atom. The summed E-state index contributed by atoms with van der Waals surface area (Å²) in [5, 5.41) is 0. The highest BCUT2D eigenvalue weighted by molar-refractivity contribution is 6.21. The van der Waals surface area contributed by atoms with E-state index in [4.69, 9.17) is 0 Å². The molecule has 25 heavy (non-hydrogen) atoms. The number of fused-ring (bicyclic) bond motifs is 2. The van der Waals surface area contributed by atoms with Gasteiger partial charge in [-0.25, -0.2) is 0 Å². The van der Waals surface area contributed by atoms with Gasteiger partial charge in [-0.15, -0.1) is 0 Å². The zero-order valence-corrected chi connectivity index (χ0v) is 13.8. The Morgan fingerprint density at radius 3 is 1.72 bits per heavy atom. The summed E-state index contributed by atoms with van der Waals surface area (Å²) in [6.45, 7) is 1.99. The first-order valence-corrected chi connectivity index (χ1v) is 8.21. The molecular formula is C23H16O2. The number of ketones is 2. The van der Waals surface area contributed by atoms with Crippen LogP contribution >= 0.6 is 0 Å². The molecule has 0 heterocycles. The monoisotopic (exact) mass is 324 g/mol. The van der Waals surface area contributed by atoms with Crippen molar-refractivity contribution >= 4 is 17.1 Å². The predicted molar refractivity (Wildman–Crippen MR) is 98.9 cm³/mol. The molecular weight excluding hydrogens is 308 g/mol. The SMILES string of the molecule is Cc1ccc(C(=O)C=C2c3ccccc3C(=O)c3ccccc32)cc1. The average Bonchev–Trinajstić information content (AvgIpc) is 2.65. The minimum atomic E-state index is -0.0612. The Morgan fingerprint density at radius 2 is 1.20 bits per heavy atom. The Kier molecular flexibility index (Phi) is 3.66. The summed E-state index contributed by atoms with van der Waals surface area (Å²) in [5.41, 5.74) is 5.47. The molecule has 0 N–H and O–H groups in total. The number of carbonyl (C=O) groups excluding carboxylic acids is 2. The van der Waals surface area contributed by atoms with E-state index in [9.17, 15) is 9.59 Å². The van der Waals surface area contributed by atoms with Gasteiger partial charge in [0.2, 0.25) is 0 Å². The number of hydrogen-bond acceptors (Lipinski definition) is 2. The lowest BCUT2D eigenvalue weighted by atomic mass is 9.80. The largest absolute Gasteiger partial charge is 0.289 e. The molecule has 0 saturated heterocycles. The number of benzene rings is 3. The second-order valence-electron chi connectivity index (χ2n) is 6.21. The van der Waals surface area contributed by atoms with Crippen molar-refractivity contribution < 1.29 is 9.59 Å². The highest BCUT2D eigenvalue weighted by Crippen LogP contribution is 2.35. The van der Waals surface area contributed by atoms with E-state index in [1.54, 1.807) is 6.08 Å². The van der Waals surface area contributed by atoms with Crippen LogP contribution in [0.2, 0.25) is 0 Å². The van der Waals surface area contributed by atoms with E-state index in [1.165, 1.54) is 0 Å².